The molecule has 0 aliphatic carbocycles. The van der Waals surface area contributed by atoms with E-state index in [9.17, 15) is 23.4 Å². The number of unbranched alkanes of at least 4 members (excludes halogenated alkanes) is 4. The largest absolute Gasteiger partial charge is 0.506 e. The molecule has 1 unspecified atom stereocenters. The van der Waals surface area contributed by atoms with Gasteiger partial charge in [-0.2, -0.15) is 0 Å². The number of rotatable bonds is 20. The summed E-state index contributed by atoms with van der Waals surface area (Å²) in [6.45, 7) is 8.01. The van der Waals surface area contributed by atoms with Crippen LogP contribution in [0.25, 0.3) is 0 Å². The van der Waals surface area contributed by atoms with E-state index in [-0.39, 0.29) is 17.3 Å². The number of carbonyl (C=O) groups is 1. The first-order valence-corrected chi connectivity index (χ1v) is 16.2. The molecule has 4 N–H and O–H groups in total. The maximum Gasteiger partial charge on any atom is 0.254 e. The lowest BCUT2D eigenvalue weighted by Gasteiger charge is -2.20. The first kappa shape index (κ1) is 33.5. The number of nitrogens with one attached hydrogen (secondary N) is 2. The number of amides is 1. The van der Waals surface area contributed by atoms with Gasteiger partial charge in [-0.05, 0) is 81.8 Å². The average molecular weight is 578 g/mol. The smallest absolute Gasteiger partial charge is 0.254 e. The third-order valence-corrected chi connectivity index (χ3v) is 7.30. The Morgan fingerprint density at radius 1 is 0.975 bits per heavy atom. The molecule has 0 fully saturated rings. The number of nitrogens with zero attached hydrogens (tertiary/aromatic N) is 1. The van der Waals surface area contributed by atoms with Crippen LogP contribution in [0, 0.1) is 0 Å². The van der Waals surface area contributed by atoms with Crippen LogP contribution in [0.15, 0.2) is 42.5 Å². The van der Waals surface area contributed by atoms with Gasteiger partial charge in [0.25, 0.3) is 5.91 Å². The molecule has 2 aromatic rings. The molecule has 0 saturated heterocycles. The molecule has 0 aliphatic heterocycles. The van der Waals surface area contributed by atoms with E-state index in [1.54, 1.807) is 6.07 Å². The molecular weight excluding hydrogens is 530 g/mol. The average Bonchev–Trinajstić information content (AvgIpc) is 2.92. The summed E-state index contributed by atoms with van der Waals surface area (Å²) in [5.41, 5.74) is 2.49. The van der Waals surface area contributed by atoms with Gasteiger partial charge in [0.05, 0.1) is 18.0 Å². The van der Waals surface area contributed by atoms with Gasteiger partial charge in [0.1, 0.15) is 5.75 Å². The molecule has 0 aliphatic rings. The van der Waals surface area contributed by atoms with Gasteiger partial charge in [0.15, 0.2) is 0 Å². The van der Waals surface area contributed by atoms with Crippen molar-refractivity contribution in [1.29, 1.82) is 0 Å². The second-order valence-corrected chi connectivity index (χ2v) is 11.7. The van der Waals surface area contributed by atoms with Gasteiger partial charge in [-0.3, -0.25) is 9.52 Å². The quantitative estimate of drug-likeness (QED) is 0.135. The Hall–Kier alpha value is -2.66. The minimum absolute atomic E-state index is 0.0500. The van der Waals surface area contributed by atoms with Gasteiger partial charge in [0, 0.05) is 38.4 Å². The van der Waals surface area contributed by atoms with E-state index in [4.69, 9.17) is 4.74 Å². The Kier molecular flexibility index (Phi) is 15.0. The Bertz CT molecular complexity index is 1140. The number of sulfonamides is 1. The molecule has 0 heterocycles. The fourth-order valence-corrected chi connectivity index (χ4v) is 5.02. The summed E-state index contributed by atoms with van der Waals surface area (Å²) in [5, 5.41) is 23.4. The lowest BCUT2D eigenvalue weighted by molar-refractivity contribution is 0.0771. The topological polar surface area (TPSA) is 128 Å². The van der Waals surface area contributed by atoms with Gasteiger partial charge in [0.2, 0.25) is 10.0 Å². The highest BCUT2D eigenvalue weighted by Gasteiger charge is 2.16. The molecule has 40 heavy (non-hydrogen) atoms. The third kappa shape index (κ3) is 12.2. The molecule has 1 amide bonds. The molecule has 0 bridgehead atoms. The van der Waals surface area contributed by atoms with Crippen LogP contribution >= 0.6 is 0 Å². The molecule has 1 atom stereocenters. The van der Waals surface area contributed by atoms with E-state index in [1.807, 2.05) is 36.9 Å². The monoisotopic (exact) mass is 577 g/mol. The number of aryl methyl sites for hydroxylation is 1. The van der Waals surface area contributed by atoms with Crippen LogP contribution in [-0.4, -0.2) is 75.1 Å². The van der Waals surface area contributed by atoms with Crippen LogP contribution in [0.5, 0.6) is 5.75 Å². The summed E-state index contributed by atoms with van der Waals surface area (Å²) >= 11 is 0. The minimum atomic E-state index is -3.53. The molecule has 224 valence electrons. The summed E-state index contributed by atoms with van der Waals surface area (Å²) < 4.78 is 30.9. The van der Waals surface area contributed by atoms with Crippen molar-refractivity contribution in [2.24, 2.45) is 0 Å². The number of phenols is 1. The number of benzene rings is 2. The number of hydrogen-bond donors (Lipinski definition) is 4. The number of aliphatic hydroxyl groups excluding tert-OH is 1. The third-order valence-electron chi connectivity index (χ3n) is 6.71. The minimum Gasteiger partial charge on any atom is -0.506 e. The van der Waals surface area contributed by atoms with Crippen LogP contribution in [0.1, 0.15) is 80.0 Å². The normalized spacial score (nSPS) is 12.3. The summed E-state index contributed by atoms with van der Waals surface area (Å²) in [5.74, 6) is -0.0816. The highest BCUT2D eigenvalue weighted by Crippen LogP contribution is 2.27. The van der Waals surface area contributed by atoms with Gasteiger partial charge >= 0.3 is 0 Å². The molecule has 0 saturated carbocycles. The predicted octanol–water partition coefficient (Wildman–Crippen LogP) is 4.47. The number of phenolic OH excluding ortho intramolecular Hbond substituents is 1. The van der Waals surface area contributed by atoms with Crippen molar-refractivity contribution >= 4 is 21.6 Å². The number of aromatic hydroxyl groups is 1. The van der Waals surface area contributed by atoms with Gasteiger partial charge < -0.3 is 25.2 Å². The van der Waals surface area contributed by atoms with Crippen LogP contribution < -0.4 is 10.0 Å². The van der Waals surface area contributed by atoms with Crippen molar-refractivity contribution in [3.63, 3.8) is 0 Å². The van der Waals surface area contributed by atoms with Crippen LogP contribution in [-0.2, 0) is 21.2 Å². The maximum absolute atomic E-state index is 12.8. The van der Waals surface area contributed by atoms with Gasteiger partial charge in [-0.25, -0.2) is 8.42 Å². The van der Waals surface area contributed by atoms with Crippen molar-refractivity contribution in [2.75, 3.05) is 50.4 Å². The fraction of sp³-hybridized carbons (Fsp3) is 0.567. The zero-order valence-corrected chi connectivity index (χ0v) is 25.0. The van der Waals surface area contributed by atoms with Crippen molar-refractivity contribution in [3.8, 4) is 5.75 Å². The lowest BCUT2D eigenvalue weighted by atomic mass is 10.0. The zero-order valence-electron chi connectivity index (χ0n) is 24.2. The second-order valence-electron chi connectivity index (χ2n) is 9.99. The standard InChI is InChI=1S/C30H47N3O6S/c1-4-33(5-2)30(36)26-16-9-8-14-24(26)15-10-13-21-39-20-12-7-6-11-19-31-23-29(35)25-17-18-28(34)27(22-25)32-40(3,37)38/h8-9,14,16-18,22,29,31-32,34-35H,4-7,10-13,15,19-21,23H2,1-3H3. The summed E-state index contributed by atoms with van der Waals surface area (Å²) in [7, 11) is -3.53. The van der Waals surface area contributed by atoms with Gasteiger partial charge in [-0.15, -0.1) is 0 Å². The molecule has 2 rings (SSSR count). The first-order chi connectivity index (χ1) is 19.2. The number of aliphatic hydroxyl groups is 1. The molecule has 0 aromatic heterocycles. The van der Waals surface area contributed by atoms with Crippen LogP contribution in [0.2, 0.25) is 0 Å². The SMILES string of the molecule is CCN(CC)C(=O)c1ccccc1CCCCOCCCCCCNCC(O)c1ccc(O)c(NS(C)(=O)=O)c1. The highest BCUT2D eigenvalue weighted by molar-refractivity contribution is 7.92. The Labute approximate surface area is 240 Å². The fourth-order valence-electron chi connectivity index (χ4n) is 4.46. The van der Waals surface area contributed by atoms with Crippen molar-refractivity contribution in [2.45, 2.75) is 64.9 Å². The molecule has 0 radical (unpaired) electrons. The summed E-state index contributed by atoms with van der Waals surface area (Å²) in [6, 6.07) is 12.3. The number of hydrogen-bond acceptors (Lipinski definition) is 7. The van der Waals surface area contributed by atoms with Crippen molar-refractivity contribution < 1.29 is 28.2 Å². The van der Waals surface area contributed by atoms with Crippen molar-refractivity contribution in [1.82, 2.24) is 10.2 Å². The number of anilines is 1. The van der Waals surface area contributed by atoms with Crippen LogP contribution in [0.3, 0.4) is 0 Å². The van der Waals surface area contributed by atoms with E-state index in [1.165, 1.54) is 12.1 Å². The number of ether oxygens (including phenoxy) is 1. The van der Waals surface area contributed by atoms with Crippen molar-refractivity contribution in [3.05, 3.63) is 59.2 Å². The molecular formula is C30H47N3O6S. The number of carbonyl (C=O) groups excluding carboxylic acids is 1. The summed E-state index contributed by atoms with van der Waals surface area (Å²) in [6.07, 6.45) is 7.14. The Balaban J connectivity index is 1.52. The van der Waals surface area contributed by atoms with E-state index in [2.05, 4.69) is 16.1 Å². The second kappa shape index (κ2) is 17.9. The van der Waals surface area contributed by atoms with Gasteiger partial charge in [-0.1, -0.05) is 37.1 Å². The molecule has 2 aromatic carbocycles. The molecule has 0 spiro atoms. The summed E-state index contributed by atoms with van der Waals surface area (Å²) in [4.78, 5) is 14.6. The van der Waals surface area contributed by atoms with Crippen LogP contribution in [0.4, 0.5) is 5.69 Å². The molecule has 9 nitrogen and oxygen atoms in total. The van der Waals surface area contributed by atoms with E-state index < -0.39 is 16.1 Å². The predicted molar refractivity (Wildman–Crippen MR) is 160 cm³/mol. The Morgan fingerprint density at radius 3 is 2.35 bits per heavy atom. The first-order valence-electron chi connectivity index (χ1n) is 14.3. The lowest BCUT2D eigenvalue weighted by Crippen LogP contribution is -2.31. The van der Waals surface area contributed by atoms with E-state index >= 15 is 0 Å². The molecule has 10 heteroatoms. The van der Waals surface area contributed by atoms with E-state index in [0.717, 1.165) is 82.1 Å². The Morgan fingerprint density at radius 2 is 1.65 bits per heavy atom. The maximum atomic E-state index is 12.8. The highest BCUT2D eigenvalue weighted by atomic mass is 32.2. The van der Waals surface area contributed by atoms with E-state index in [0.29, 0.717) is 25.2 Å². The zero-order chi connectivity index (χ0) is 29.4.